The summed E-state index contributed by atoms with van der Waals surface area (Å²) < 4.78 is 22.8. The zero-order valence-corrected chi connectivity index (χ0v) is 12.0. The van der Waals surface area contributed by atoms with Gasteiger partial charge in [0.25, 0.3) is 0 Å². The molecule has 0 saturated carbocycles. The molecule has 0 N–H and O–H groups in total. The Morgan fingerprint density at radius 2 is 1.43 bits per heavy atom. The zero-order valence-electron chi connectivity index (χ0n) is 12.0. The number of hydrogen-bond donors (Lipinski definition) is 0. The van der Waals surface area contributed by atoms with Gasteiger partial charge in [0.15, 0.2) is 0 Å². The highest BCUT2D eigenvalue weighted by molar-refractivity contribution is 5.70. The van der Waals surface area contributed by atoms with Crippen molar-refractivity contribution in [3.8, 4) is 0 Å². The summed E-state index contributed by atoms with van der Waals surface area (Å²) in [5.74, 6) is -0.633. The van der Waals surface area contributed by atoms with Crippen LogP contribution in [-0.2, 0) is 33.3 Å². The summed E-state index contributed by atoms with van der Waals surface area (Å²) in [5.41, 5.74) is 0. The van der Waals surface area contributed by atoms with Crippen molar-refractivity contribution in [1.82, 2.24) is 0 Å². The van der Waals surface area contributed by atoms with Gasteiger partial charge in [-0.05, 0) is 0 Å². The Morgan fingerprint density at radius 3 is 1.86 bits per heavy atom. The lowest BCUT2D eigenvalue weighted by molar-refractivity contribution is -0.143. The van der Waals surface area contributed by atoms with Gasteiger partial charge >= 0.3 is 18.3 Å². The molecule has 21 heavy (non-hydrogen) atoms. The lowest BCUT2D eigenvalue weighted by Gasteiger charge is -2.21. The average molecular weight is 306 g/mol. The predicted octanol–water partition coefficient (Wildman–Crippen LogP) is 0.832. The summed E-state index contributed by atoms with van der Waals surface area (Å²) in [4.78, 5) is 44.0. The van der Waals surface area contributed by atoms with Gasteiger partial charge in [-0.1, -0.05) is 0 Å². The number of rotatable bonds is 8. The lowest BCUT2D eigenvalue weighted by atomic mass is 10.1. The standard InChI is InChI=1S/C12H18O9/c1-17-10(14)7-9(21-12(16)19-3)6-8(4-5-13)20-11(15)18-2/h5,8-9H,4,6-7H2,1-3H3. The highest BCUT2D eigenvalue weighted by atomic mass is 16.7. The van der Waals surface area contributed by atoms with Crippen LogP contribution in [0.1, 0.15) is 19.3 Å². The first kappa shape index (κ1) is 18.7. The van der Waals surface area contributed by atoms with Crippen molar-refractivity contribution in [3.63, 3.8) is 0 Å². The molecular weight excluding hydrogens is 288 g/mol. The average Bonchev–Trinajstić information content (AvgIpc) is 2.46. The fourth-order valence-corrected chi connectivity index (χ4v) is 1.40. The number of esters is 1. The first-order valence-electron chi connectivity index (χ1n) is 5.96. The van der Waals surface area contributed by atoms with Gasteiger partial charge in [-0.25, -0.2) is 9.59 Å². The summed E-state index contributed by atoms with van der Waals surface area (Å²) in [6, 6.07) is 0. The molecule has 0 aromatic carbocycles. The number of carbonyl (C=O) groups excluding carboxylic acids is 4. The van der Waals surface area contributed by atoms with E-state index >= 15 is 0 Å². The molecule has 2 atom stereocenters. The molecule has 0 saturated heterocycles. The fourth-order valence-electron chi connectivity index (χ4n) is 1.40. The second-order valence-electron chi connectivity index (χ2n) is 3.81. The Morgan fingerprint density at radius 1 is 0.905 bits per heavy atom. The molecule has 9 heteroatoms. The molecule has 0 radical (unpaired) electrons. The normalized spacial score (nSPS) is 12.5. The van der Waals surface area contributed by atoms with Crippen LogP contribution in [0, 0.1) is 0 Å². The molecule has 9 nitrogen and oxygen atoms in total. The molecule has 0 amide bonds. The minimum absolute atomic E-state index is 0.0853. The summed E-state index contributed by atoms with van der Waals surface area (Å²) in [7, 11) is 3.38. The SMILES string of the molecule is COC(=O)CC(CC(CC=O)OC(=O)OC)OC(=O)OC. The lowest BCUT2D eigenvalue weighted by Crippen LogP contribution is -2.30. The van der Waals surface area contributed by atoms with Crippen LogP contribution in [-0.4, -0.2) is 58.1 Å². The summed E-state index contributed by atoms with van der Waals surface area (Å²) in [6.07, 6.45) is -3.85. The molecule has 0 fully saturated rings. The number of hydrogen-bond acceptors (Lipinski definition) is 9. The second kappa shape index (κ2) is 10.5. The van der Waals surface area contributed by atoms with Crippen molar-refractivity contribution >= 4 is 24.6 Å². The van der Waals surface area contributed by atoms with E-state index in [4.69, 9.17) is 9.47 Å². The third kappa shape index (κ3) is 8.45. The van der Waals surface area contributed by atoms with E-state index in [-0.39, 0.29) is 19.3 Å². The molecule has 0 spiro atoms. The van der Waals surface area contributed by atoms with E-state index in [0.29, 0.717) is 6.29 Å². The van der Waals surface area contributed by atoms with Crippen LogP contribution in [0.5, 0.6) is 0 Å². The molecule has 0 aromatic heterocycles. The predicted molar refractivity (Wildman–Crippen MR) is 66.5 cm³/mol. The molecule has 0 heterocycles. The third-order valence-electron chi connectivity index (χ3n) is 2.37. The number of aldehydes is 1. The highest BCUT2D eigenvalue weighted by Crippen LogP contribution is 2.14. The highest BCUT2D eigenvalue weighted by Gasteiger charge is 2.26. The summed E-state index contributed by atoms with van der Waals surface area (Å²) in [6.45, 7) is 0. The van der Waals surface area contributed by atoms with Gasteiger partial charge in [0, 0.05) is 12.8 Å². The molecule has 0 rings (SSSR count). The van der Waals surface area contributed by atoms with E-state index in [2.05, 4.69) is 14.2 Å². The van der Waals surface area contributed by atoms with Crippen LogP contribution in [0.2, 0.25) is 0 Å². The van der Waals surface area contributed by atoms with Crippen molar-refractivity contribution in [2.75, 3.05) is 21.3 Å². The van der Waals surface area contributed by atoms with Crippen molar-refractivity contribution in [2.24, 2.45) is 0 Å². The van der Waals surface area contributed by atoms with E-state index < -0.39 is 30.5 Å². The Kier molecular flexibility index (Phi) is 9.31. The van der Waals surface area contributed by atoms with Gasteiger partial charge < -0.3 is 28.5 Å². The van der Waals surface area contributed by atoms with E-state index in [1.807, 2.05) is 0 Å². The molecule has 0 aliphatic carbocycles. The topological polar surface area (TPSA) is 114 Å². The van der Waals surface area contributed by atoms with Gasteiger partial charge in [0.05, 0.1) is 27.8 Å². The van der Waals surface area contributed by atoms with Crippen LogP contribution in [0.4, 0.5) is 9.59 Å². The van der Waals surface area contributed by atoms with Crippen LogP contribution >= 0.6 is 0 Å². The van der Waals surface area contributed by atoms with Crippen LogP contribution in [0.3, 0.4) is 0 Å². The minimum Gasteiger partial charge on any atom is -0.469 e. The van der Waals surface area contributed by atoms with Gasteiger partial charge in [-0.15, -0.1) is 0 Å². The van der Waals surface area contributed by atoms with E-state index in [0.717, 1.165) is 14.2 Å². The number of ether oxygens (including phenoxy) is 5. The fraction of sp³-hybridized carbons (Fsp3) is 0.667. The summed E-state index contributed by atoms with van der Waals surface area (Å²) in [5, 5.41) is 0. The van der Waals surface area contributed by atoms with Gasteiger partial charge in [-0.2, -0.15) is 0 Å². The third-order valence-corrected chi connectivity index (χ3v) is 2.37. The first-order chi connectivity index (χ1) is 9.96. The van der Waals surface area contributed by atoms with Gasteiger partial charge in [-0.3, -0.25) is 4.79 Å². The smallest absolute Gasteiger partial charge is 0.469 e. The second-order valence-corrected chi connectivity index (χ2v) is 3.81. The summed E-state index contributed by atoms with van der Waals surface area (Å²) >= 11 is 0. The Hall–Kier alpha value is -2.32. The molecule has 2 unspecified atom stereocenters. The van der Waals surface area contributed by atoms with Crippen molar-refractivity contribution in [2.45, 2.75) is 31.5 Å². The van der Waals surface area contributed by atoms with Crippen LogP contribution in [0.25, 0.3) is 0 Å². The maximum atomic E-state index is 11.3. The molecule has 0 aromatic rings. The molecule has 0 aliphatic heterocycles. The van der Waals surface area contributed by atoms with E-state index in [9.17, 15) is 19.2 Å². The largest absolute Gasteiger partial charge is 0.508 e. The van der Waals surface area contributed by atoms with E-state index in [1.165, 1.54) is 7.11 Å². The van der Waals surface area contributed by atoms with Crippen LogP contribution < -0.4 is 0 Å². The minimum atomic E-state index is -1.01. The molecule has 120 valence electrons. The number of methoxy groups -OCH3 is 3. The van der Waals surface area contributed by atoms with Crippen molar-refractivity contribution < 1.29 is 42.9 Å². The monoisotopic (exact) mass is 306 g/mol. The van der Waals surface area contributed by atoms with E-state index in [1.54, 1.807) is 0 Å². The first-order valence-corrected chi connectivity index (χ1v) is 5.96. The Bertz CT molecular complexity index is 348. The Labute approximate surface area is 121 Å². The zero-order chi connectivity index (χ0) is 16.3. The maximum absolute atomic E-state index is 11.3. The molecule has 0 bridgehead atoms. The van der Waals surface area contributed by atoms with Crippen molar-refractivity contribution in [3.05, 3.63) is 0 Å². The van der Waals surface area contributed by atoms with Crippen molar-refractivity contribution in [1.29, 1.82) is 0 Å². The number of carbonyl (C=O) groups is 4. The van der Waals surface area contributed by atoms with Crippen LogP contribution in [0.15, 0.2) is 0 Å². The van der Waals surface area contributed by atoms with Gasteiger partial charge in [0.1, 0.15) is 18.5 Å². The Balaban J connectivity index is 4.75. The quantitative estimate of drug-likeness (QED) is 0.365. The molecular formula is C12H18O9. The maximum Gasteiger partial charge on any atom is 0.508 e. The van der Waals surface area contributed by atoms with Gasteiger partial charge in [0.2, 0.25) is 0 Å². The molecule has 0 aliphatic rings.